The highest BCUT2D eigenvalue weighted by Crippen LogP contribution is 2.33. The van der Waals surface area contributed by atoms with Gasteiger partial charge in [0, 0.05) is 13.0 Å². The predicted octanol–water partition coefficient (Wildman–Crippen LogP) is 1.93. The third-order valence-electron chi connectivity index (χ3n) is 2.84. The molecule has 0 saturated carbocycles. The van der Waals surface area contributed by atoms with Crippen molar-refractivity contribution in [2.24, 2.45) is 11.7 Å². The van der Waals surface area contributed by atoms with Crippen LogP contribution < -0.4 is 10.6 Å². The highest BCUT2D eigenvalue weighted by Gasteiger charge is 2.31. The number of benzene rings is 1. The van der Waals surface area contributed by atoms with Crippen LogP contribution in [0.4, 0.5) is 14.5 Å². The van der Waals surface area contributed by atoms with Crippen LogP contribution in [0.1, 0.15) is 6.42 Å². The van der Waals surface area contributed by atoms with E-state index in [4.69, 9.17) is 17.3 Å². The second kappa shape index (κ2) is 4.58. The summed E-state index contributed by atoms with van der Waals surface area (Å²) in [7, 11) is 0. The van der Waals surface area contributed by atoms with Gasteiger partial charge >= 0.3 is 0 Å². The lowest BCUT2D eigenvalue weighted by Crippen LogP contribution is -2.26. The first-order valence-corrected chi connectivity index (χ1v) is 5.56. The summed E-state index contributed by atoms with van der Waals surface area (Å²) in [5.74, 6) is -2.30. The van der Waals surface area contributed by atoms with E-state index in [1.54, 1.807) is 0 Å². The second-order valence-electron chi connectivity index (χ2n) is 4.00. The average molecular weight is 261 g/mol. The molecule has 1 aromatic carbocycles. The van der Waals surface area contributed by atoms with Gasteiger partial charge in [0.2, 0.25) is 5.91 Å². The number of rotatable bonds is 2. The zero-order valence-electron chi connectivity index (χ0n) is 8.92. The van der Waals surface area contributed by atoms with Gasteiger partial charge in [-0.1, -0.05) is 11.6 Å². The van der Waals surface area contributed by atoms with Gasteiger partial charge in [-0.25, -0.2) is 8.78 Å². The monoisotopic (exact) mass is 260 g/mol. The summed E-state index contributed by atoms with van der Waals surface area (Å²) in [6.45, 7) is 0.768. The molecule has 92 valence electrons. The lowest BCUT2D eigenvalue weighted by molar-refractivity contribution is -0.117. The van der Waals surface area contributed by atoms with Gasteiger partial charge in [-0.05, 0) is 24.6 Å². The average Bonchev–Trinajstić information content (AvgIpc) is 2.68. The van der Waals surface area contributed by atoms with Gasteiger partial charge in [0.1, 0.15) is 5.02 Å². The first-order chi connectivity index (χ1) is 8.04. The van der Waals surface area contributed by atoms with Crippen LogP contribution in [0.15, 0.2) is 12.1 Å². The van der Waals surface area contributed by atoms with Crippen molar-refractivity contribution >= 4 is 23.2 Å². The molecule has 1 saturated heterocycles. The third-order valence-corrected chi connectivity index (χ3v) is 3.20. The Kier molecular flexibility index (Phi) is 3.31. The molecule has 2 N–H and O–H groups in total. The lowest BCUT2D eigenvalue weighted by atomic mass is 10.1. The Morgan fingerprint density at radius 2 is 2.18 bits per heavy atom. The molecule has 1 heterocycles. The van der Waals surface area contributed by atoms with E-state index < -0.39 is 11.6 Å². The van der Waals surface area contributed by atoms with Crippen LogP contribution in [0.25, 0.3) is 0 Å². The number of carbonyl (C=O) groups is 1. The lowest BCUT2D eigenvalue weighted by Gasteiger charge is -2.18. The molecule has 2 rings (SSSR count). The third kappa shape index (κ3) is 2.12. The standard InChI is InChI=1S/C11H11ClF2N2O/c12-10-8(2-1-7(13)11(10)14)16-5-6(4-15)3-9(16)17/h1-2,6H,3-5,15H2. The van der Waals surface area contributed by atoms with E-state index in [1.807, 2.05) is 0 Å². The number of carbonyl (C=O) groups excluding carboxylic acids is 1. The van der Waals surface area contributed by atoms with Crippen molar-refractivity contribution in [3.8, 4) is 0 Å². The number of hydrogen-bond acceptors (Lipinski definition) is 2. The van der Waals surface area contributed by atoms with Crippen LogP contribution in [0.5, 0.6) is 0 Å². The molecule has 1 aliphatic heterocycles. The molecule has 0 aromatic heterocycles. The first kappa shape index (κ1) is 12.3. The van der Waals surface area contributed by atoms with E-state index in [9.17, 15) is 13.6 Å². The summed E-state index contributed by atoms with van der Waals surface area (Å²) in [5, 5.41) is -0.365. The molecule has 17 heavy (non-hydrogen) atoms. The molecule has 1 unspecified atom stereocenters. The van der Waals surface area contributed by atoms with E-state index in [0.29, 0.717) is 19.5 Å². The molecule has 1 aliphatic rings. The molecular formula is C11H11ClF2N2O. The van der Waals surface area contributed by atoms with Crippen molar-refractivity contribution in [2.75, 3.05) is 18.0 Å². The van der Waals surface area contributed by atoms with Gasteiger partial charge in [0.05, 0.1) is 5.69 Å². The van der Waals surface area contributed by atoms with Crippen molar-refractivity contribution < 1.29 is 13.6 Å². The quantitative estimate of drug-likeness (QED) is 0.826. The van der Waals surface area contributed by atoms with Gasteiger partial charge in [0.15, 0.2) is 11.6 Å². The number of amides is 1. The van der Waals surface area contributed by atoms with Crippen LogP contribution in [0.2, 0.25) is 5.02 Å². The van der Waals surface area contributed by atoms with Crippen LogP contribution in [0, 0.1) is 17.6 Å². The number of anilines is 1. The normalized spacial score (nSPS) is 20.1. The molecule has 1 fully saturated rings. The highest BCUT2D eigenvalue weighted by atomic mass is 35.5. The van der Waals surface area contributed by atoms with Gasteiger partial charge in [-0.3, -0.25) is 4.79 Å². The molecule has 6 heteroatoms. The fourth-order valence-corrected chi connectivity index (χ4v) is 2.15. The predicted molar refractivity (Wildman–Crippen MR) is 60.9 cm³/mol. The minimum absolute atomic E-state index is 0.0340. The summed E-state index contributed by atoms with van der Waals surface area (Å²) >= 11 is 5.69. The molecule has 1 atom stereocenters. The Balaban J connectivity index is 2.35. The molecule has 3 nitrogen and oxygen atoms in total. The molecule has 1 aromatic rings. The van der Waals surface area contributed by atoms with Crippen molar-refractivity contribution in [1.82, 2.24) is 0 Å². The maximum absolute atomic E-state index is 13.3. The van der Waals surface area contributed by atoms with Gasteiger partial charge in [-0.2, -0.15) is 0 Å². The number of hydrogen-bond donors (Lipinski definition) is 1. The van der Waals surface area contributed by atoms with E-state index in [1.165, 1.54) is 11.0 Å². The highest BCUT2D eigenvalue weighted by molar-refractivity contribution is 6.34. The van der Waals surface area contributed by atoms with E-state index in [2.05, 4.69) is 0 Å². The Bertz CT molecular complexity index is 467. The fourth-order valence-electron chi connectivity index (χ4n) is 1.90. The number of nitrogens with zero attached hydrogens (tertiary/aromatic N) is 1. The van der Waals surface area contributed by atoms with E-state index >= 15 is 0 Å². The summed E-state index contributed by atoms with van der Waals surface area (Å²) in [4.78, 5) is 13.0. The summed E-state index contributed by atoms with van der Waals surface area (Å²) in [5.41, 5.74) is 5.68. The maximum atomic E-state index is 13.3. The van der Waals surface area contributed by atoms with Gasteiger partial charge in [0.25, 0.3) is 0 Å². The first-order valence-electron chi connectivity index (χ1n) is 5.18. The number of halogens is 3. The fraction of sp³-hybridized carbons (Fsp3) is 0.364. The van der Waals surface area contributed by atoms with Crippen LogP contribution in [-0.4, -0.2) is 19.0 Å². The van der Waals surface area contributed by atoms with Crippen molar-refractivity contribution in [3.05, 3.63) is 28.8 Å². The minimum Gasteiger partial charge on any atom is -0.330 e. The smallest absolute Gasteiger partial charge is 0.227 e. The van der Waals surface area contributed by atoms with Crippen molar-refractivity contribution in [1.29, 1.82) is 0 Å². The minimum atomic E-state index is -1.13. The summed E-state index contributed by atoms with van der Waals surface area (Å²) < 4.78 is 26.2. The van der Waals surface area contributed by atoms with Gasteiger partial charge < -0.3 is 10.6 Å². The molecule has 0 radical (unpaired) electrons. The summed E-state index contributed by atoms with van der Waals surface area (Å²) in [6.07, 6.45) is 0.311. The molecular weight excluding hydrogens is 250 g/mol. The van der Waals surface area contributed by atoms with Crippen molar-refractivity contribution in [2.45, 2.75) is 6.42 Å². The molecule has 0 spiro atoms. The molecule has 1 amide bonds. The Morgan fingerprint density at radius 1 is 1.47 bits per heavy atom. The zero-order chi connectivity index (χ0) is 12.6. The van der Waals surface area contributed by atoms with Crippen LogP contribution >= 0.6 is 11.6 Å². The summed E-state index contributed by atoms with van der Waals surface area (Å²) in [6, 6.07) is 2.26. The Labute approximate surface area is 102 Å². The van der Waals surface area contributed by atoms with E-state index in [0.717, 1.165) is 6.07 Å². The maximum Gasteiger partial charge on any atom is 0.227 e. The Morgan fingerprint density at radius 3 is 2.76 bits per heavy atom. The topological polar surface area (TPSA) is 46.3 Å². The van der Waals surface area contributed by atoms with Crippen LogP contribution in [0.3, 0.4) is 0 Å². The Hall–Kier alpha value is -1.20. The second-order valence-corrected chi connectivity index (χ2v) is 4.38. The zero-order valence-corrected chi connectivity index (χ0v) is 9.68. The molecule has 0 aliphatic carbocycles. The van der Waals surface area contributed by atoms with Crippen LogP contribution in [-0.2, 0) is 4.79 Å². The number of nitrogens with two attached hydrogens (primary N) is 1. The van der Waals surface area contributed by atoms with E-state index in [-0.39, 0.29) is 22.5 Å². The SMILES string of the molecule is NCC1CC(=O)N(c2ccc(F)c(F)c2Cl)C1. The van der Waals surface area contributed by atoms with Crippen molar-refractivity contribution in [3.63, 3.8) is 0 Å². The molecule has 0 bridgehead atoms. The largest absolute Gasteiger partial charge is 0.330 e. The van der Waals surface area contributed by atoms with Gasteiger partial charge in [-0.15, -0.1) is 0 Å².